The molecule has 0 aliphatic carbocycles. The van der Waals surface area contributed by atoms with Gasteiger partial charge in [-0.1, -0.05) is 31.5 Å². The summed E-state index contributed by atoms with van der Waals surface area (Å²) in [5, 5.41) is 11.0. The molecule has 0 amide bonds. The standard InChI is InChI=1S/C12H15Cl2NO5S/c1-8(2)9(7-21(14,18)19)6-20-12-10(13)4-3-5-11(12)15(16)17/h3-5,8-9H,6-7H2,1-2H3. The minimum atomic E-state index is -3.68. The first-order valence-corrected chi connectivity index (χ1v) is 8.95. The molecule has 0 saturated carbocycles. The lowest BCUT2D eigenvalue weighted by Gasteiger charge is -2.20. The van der Waals surface area contributed by atoms with Gasteiger partial charge in [0.2, 0.25) is 14.8 Å². The molecule has 9 heteroatoms. The molecule has 0 radical (unpaired) electrons. The van der Waals surface area contributed by atoms with Crippen LogP contribution in [-0.2, 0) is 9.05 Å². The second-order valence-electron chi connectivity index (χ2n) is 4.87. The summed E-state index contributed by atoms with van der Waals surface area (Å²) in [4.78, 5) is 10.3. The lowest BCUT2D eigenvalue weighted by Crippen LogP contribution is -2.24. The van der Waals surface area contributed by atoms with Crippen LogP contribution in [0.5, 0.6) is 5.75 Å². The first kappa shape index (κ1) is 18.0. The Bertz CT molecular complexity index is 618. The minimum absolute atomic E-state index is 0.0277. The molecule has 0 N–H and O–H groups in total. The fourth-order valence-corrected chi connectivity index (χ4v) is 3.37. The summed E-state index contributed by atoms with van der Waals surface area (Å²) >= 11 is 5.90. The van der Waals surface area contributed by atoms with E-state index in [1.54, 1.807) is 0 Å². The molecule has 6 nitrogen and oxygen atoms in total. The van der Waals surface area contributed by atoms with Crippen LogP contribution in [0.3, 0.4) is 0 Å². The van der Waals surface area contributed by atoms with Crippen molar-refractivity contribution < 1.29 is 18.1 Å². The third-order valence-corrected chi connectivity index (χ3v) is 4.44. The topological polar surface area (TPSA) is 86.5 Å². The van der Waals surface area contributed by atoms with Crippen molar-refractivity contribution in [2.75, 3.05) is 12.4 Å². The molecule has 118 valence electrons. The van der Waals surface area contributed by atoms with Crippen molar-refractivity contribution in [3.63, 3.8) is 0 Å². The predicted octanol–water partition coefficient (Wildman–Crippen LogP) is 3.47. The van der Waals surface area contributed by atoms with E-state index in [9.17, 15) is 18.5 Å². The summed E-state index contributed by atoms with van der Waals surface area (Å²) in [7, 11) is 1.57. The number of para-hydroxylation sites is 1. The fraction of sp³-hybridized carbons (Fsp3) is 0.500. The van der Waals surface area contributed by atoms with Gasteiger partial charge in [-0.3, -0.25) is 10.1 Å². The van der Waals surface area contributed by atoms with Crippen LogP contribution in [0.4, 0.5) is 5.69 Å². The molecule has 1 aromatic rings. The lowest BCUT2D eigenvalue weighted by molar-refractivity contribution is -0.385. The summed E-state index contributed by atoms with van der Waals surface area (Å²) in [6.07, 6.45) is 0. The molecule has 0 aliphatic rings. The largest absolute Gasteiger partial charge is 0.485 e. The van der Waals surface area contributed by atoms with Crippen LogP contribution in [0.15, 0.2) is 18.2 Å². The average Bonchev–Trinajstić information content (AvgIpc) is 2.33. The summed E-state index contributed by atoms with van der Waals surface area (Å²) in [5.41, 5.74) is -0.265. The number of hydrogen-bond acceptors (Lipinski definition) is 5. The smallest absolute Gasteiger partial charge is 0.312 e. The van der Waals surface area contributed by atoms with E-state index < -0.39 is 19.9 Å². The number of rotatable bonds is 7. The van der Waals surface area contributed by atoms with E-state index in [1.165, 1.54) is 18.2 Å². The van der Waals surface area contributed by atoms with Crippen LogP contribution in [0.2, 0.25) is 5.02 Å². The molecular formula is C12H15Cl2NO5S. The maximum absolute atomic E-state index is 11.2. The van der Waals surface area contributed by atoms with Crippen molar-refractivity contribution in [3.8, 4) is 5.75 Å². The van der Waals surface area contributed by atoms with Crippen molar-refractivity contribution in [1.29, 1.82) is 0 Å². The fourth-order valence-electron chi connectivity index (χ4n) is 1.66. The van der Waals surface area contributed by atoms with Crippen LogP contribution in [0, 0.1) is 22.0 Å². The van der Waals surface area contributed by atoms with Gasteiger partial charge >= 0.3 is 5.69 Å². The van der Waals surface area contributed by atoms with E-state index in [-0.39, 0.29) is 34.7 Å². The van der Waals surface area contributed by atoms with Gasteiger partial charge in [0.1, 0.15) is 0 Å². The van der Waals surface area contributed by atoms with Crippen molar-refractivity contribution >= 4 is 37.0 Å². The molecule has 1 atom stereocenters. The second-order valence-corrected chi connectivity index (χ2v) is 8.09. The first-order chi connectivity index (χ1) is 9.61. The third kappa shape index (κ3) is 5.68. The number of benzene rings is 1. The summed E-state index contributed by atoms with van der Waals surface area (Å²) in [5.74, 6) is -0.768. The van der Waals surface area contributed by atoms with Gasteiger partial charge in [0.15, 0.2) is 0 Å². The number of halogens is 2. The van der Waals surface area contributed by atoms with Gasteiger partial charge in [-0.2, -0.15) is 0 Å². The molecule has 0 fully saturated rings. The van der Waals surface area contributed by atoms with Gasteiger partial charge in [-0.05, 0) is 12.0 Å². The maximum Gasteiger partial charge on any atom is 0.312 e. The van der Waals surface area contributed by atoms with E-state index >= 15 is 0 Å². The van der Waals surface area contributed by atoms with Gasteiger partial charge in [-0.25, -0.2) is 8.42 Å². The van der Waals surface area contributed by atoms with Crippen LogP contribution < -0.4 is 4.74 Å². The minimum Gasteiger partial charge on any atom is -0.485 e. The Kier molecular flexibility index (Phi) is 6.24. The van der Waals surface area contributed by atoms with E-state index in [0.29, 0.717) is 0 Å². The molecular weight excluding hydrogens is 341 g/mol. The van der Waals surface area contributed by atoms with Gasteiger partial charge in [-0.15, -0.1) is 0 Å². The molecule has 1 unspecified atom stereocenters. The highest BCUT2D eigenvalue weighted by atomic mass is 35.7. The zero-order valence-electron chi connectivity index (χ0n) is 11.5. The Hall–Kier alpha value is -1.05. The van der Waals surface area contributed by atoms with E-state index in [2.05, 4.69) is 0 Å². The van der Waals surface area contributed by atoms with E-state index in [1.807, 2.05) is 13.8 Å². The van der Waals surface area contributed by atoms with Crippen LogP contribution >= 0.6 is 22.3 Å². The van der Waals surface area contributed by atoms with Crippen molar-refractivity contribution in [1.82, 2.24) is 0 Å². The van der Waals surface area contributed by atoms with Gasteiger partial charge in [0, 0.05) is 22.7 Å². The average molecular weight is 356 g/mol. The number of nitrogens with zero attached hydrogens (tertiary/aromatic N) is 1. The van der Waals surface area contributed by atoms with Gasteiger partial charge in [0.25, 0.3) is 0 Å². The summed E-state index contributed by atoms with van der Waals surface area (Å²) < 4.78 is 27.8. The van der Waals surface area contributed by atoms with Gasteiger partial charge < -0.3 is 4.74 Å². The van der Waals surface area contributed by atoms with Gasteiger partial charge in [0.05, 0.1) is 22.3 Å². The number of ether oxygens (including phenoxy) is 1. The molecule has 0 bridgehead atoms. The third-order valence-electron chi connectivity index (χ3n) is 2.94. The molecule has 0 saturated heterocycles. The quantitative estimate of drug-likeness (QED) is 0.424. The van der Waals surface area contributed by atoms with Crippen molar-refractivity contribution in [2.45, 2.75) is 13.8 Å². The lowest BCUT2D eigenvalue weighted by atomic mass is 9.99. The normalized spacial score (nSPS) is 13.2. The molecule has 1 aromatic carbocycles. The molecule has 21 heavy (non-hydrogen) atoms. The monoisotopic (exact) mass is 355 g/mol. The molecule has 1 rings (SSSR count). The highest BCUT2D eigenvalue weighted by Crippen LogP contribution is 2.35. The SMILES string of the molecule is CC(C)C(COc1c(Cl)cccc1[N+](=O)[O-])CS(=O)(=O)Cl. The highest BCUT2D eigenvalue weighted by Gasteiger charge is 2.24. The zero-order valence-corrected chi connectivity index (χ0v) is 13.8. The molecule has 0 aromatic heterocycles. The van der Waals surface area contributed by atoms with Crippen LogP contribution in [0.1, 0.15) is 13.8 Å². The first-order valence-electron chi connectivity index (χ1n) is 6.10. The van der Waals surface area contributed by atoms with E-state index in [4.69, 9.17) is 27.0 Å². The van der Waals surface area contributed by atoms with Crippen molar-refractivity contribution in [2.24, 2.45) is 11.8 Å². The molecule has 0 spiro atoms. The Morgan fingerprint density at radius 1 is 1.38 bits per heavy atom. The highest BCUT2D eigenvalue weighted by molar-refractivity contribution is 8.13. The zero-order chi connectivity index (χ0) is 16.2. The van der Waals surface area contributed by atoms with E-state index in [0.717, 1.165) is 0 Å². The molecule has 0 aliphatic heterocycles. The number of nitro groups is 1. The van der Waals surface area contributed by atoms with Crippen LogP contribution in [0.25, 0.3) is 0 Å². The summed E-state index contributed by atoms with van der Waals surface area (Å²) in [6.45, 7) is 3.60. The Balaban J connectivity index is 2.93. The number of hydrogen-bond donors (Lipinski definition) is 0. The van der Waals surface area contributed by atoms with Crippen LogP contribution in [-0.4, -0.2) is 25.7 Å². The molecule has 0 heterocycles. The summed E-state index contributed by atoms with van der Waals surface area (Å²) in [6, 6.07) is 4.17. The Morgan fingerprint density at radius 3 is 2.48 bits per heavy atom. The number of nitro benzene ring substituents is 1. The van der Waals surface area contributed by atoms with Crippen molar-refractivity contribution in [3.05, 3.63) is 33.3 Å². The predicted molar refractivity (Wildman–Crippen MR) is 81.6 cm³/mol. The Labute approximate surface area is 132 Å². The Morgan fingerprint density at radius 2 is 2.00 bits per heavy atom. The maximum atomic E-state index is 11.2. The second kappa shape index (κ2) is 7.29.